The van der Waals surface area contributed by atoms with Crippen molar-refractivity contribution in [1.82, 2.24) is 5.32 Å². The number of methoxy groups -OCH3 is 1. The van der Waals surface area contributed by atoms with Crippen LogP contribution in [0, 0.1) is 0 Å². The van der Waals surface area contributed by atoms with E-state index >= 15 is 0 Å². The summed E-state index contributed by atoms with van der Waals surface area (Å²) in [5, 5.41) is 12.3. The predicted octanol–water partition coefficient (Wildman–Crippen LogP) is 1.03. The van der Waals surface area contributed by atoms with E-state index in [1.165, 1.54) is 7.11 Å². The molecule has 0 radical (unpaired) electrons. The zero-order valence-corrected chi connectivity index (χ0v) is 11.4. The molecule has 0 aliphatic carbocycles. The zero-order chi connectivity index (χ0) is 12.6. The van der Waals surface area contributed by atoms with Crippen LogP contribution in [-0.4, -0.2) is 47.9 Å². The molecule has 0 amide bonds. The number of aliphatic hydroxyl groups is 1. The number of ether oxygens (including phenoxy) is 1. The predicted molar refractivity (Wildman–Crippen MR) is 67.7 cm³/mol. The fourth-order valence-electron chi connectivity index (χ4n) is 1.17. The molecule has 0 saturated carbocycles. The maximum absolute atomic E-state index is 11.7. The maximum atomic E-state index is 11.7. The van der Waals surface area contributed by atoms with E-state index in [9.17, 15) is 4.79 Å². The topological polar surface area (TPSA) is 58.6 Å². The second kappa shape index (κ2) is 7.92. The lowest BCUT2D eigenvalue weighted by atomic mass is 10.1. The van der Waals surface area contributed by atoms with Crippen LogP contribution >= 0.6 is 11.8 Å². The van der Waals surface area contributed by atoms with E-state index in [1.54, 1.807) is 11.8 Å². The molecule has 0 rings (SSSR count). The van der Waals surface area contributed by atoms with Gasteiger partial charge < -0.3 is 15.2 Å². The molecule has 16 heavy (non-hydrogen) atoms. The van der Waals surface area contributed by atoms with Gasteiger partial charge in [-0.3, -0.25) is 4.79 Å². The first-order chi connectivity index (χ1) is 7.50. The molecule has 0 heterocycles. The minimum Gasteiger partial charge on any atom is -0.468 e. The summed E-state index contributed by atoms with van der Waals surface area (Å²) in [6.07, 6.45) is 0.965. The highest BCUT2D eigenvalue weighted by Gasteiger charge is 2.33. The average Bonchev–Trinajstić information content (AvgIpc) is 2.32. The Hall–Kier alpha value is -0.260. The van der Waals surface area contributed by atoms with Gasteiger partial charge in [0.2, 0.25) is 0 Å². The molecular formula is C11H23NO3S. The van der Waals surface area contributed by atoms with Crippen LogP contribution in [0.25, 0.3) is 0 Å². The second-order valence-corrected chi connectivity index (χ2v) is 5.48. The van der Waals surface area contributed by atoms with Gasteiger partial charge in [-0.05, 0) is 19.9 Å². The number of carbonyl (C=O) groups is 1. The van der Waals surface area contributed by atoms with Crippen molar-refractivity contribution in [2.75, 3.05) is 26.0 Å². The van der Waals surface area contributed by atoms with E-state index in [0.717, 1.165) is 13.0 Å². The lowest BCUT2D eigenvalue weighted by Crippen LogP contribution is -2.52. The Labute approximate surface area is 102 Å². The number of carbonyl (C=O) groups excluding carboxylic acids is 1. The second-order valence-electron chi connectivity index (χ2n) is 4.05. The Balaban J connectivity index is 4.35. The van der Waals surface area contributed by atoms with E-state index in [2.05, 4.69) is 5.32 Å². The Morgan fingerprint density at radius 3 is 2.69 bits per heavy atom. The first-order valence-corrected chi connectivity index (χ1v) is 6.61. The fourth-order valence-corrected chi connectivity index (χ4v) is 2.11. The van der Waals surface area contributed by atoms with Gasteiger partial charge in [0.05, 0.1) is 13.7 Å². The highest BCUT2D eigenvalue weighted by molar-refractivity contribution is 8.00. The molecule has 5 heteroatoms. The summed E-state index contributed by atoms with van der Waals surface area (Å²) in [7, 11) is 1.40. The first kappa shape index (κ1) is 15.7. The van der Waals surface area contributed by atoms with Crippen LogP contribution in [-0.2, 0) is 9.53 Å². The van der Waals surface area contributed by atoms with Crippen molar-refractivity contribution in [3.63, 3.8) is 0 Å². The quantitative estimate of drug-likeness (QED) is 0.629. The number of rotatable bonds is 8. The third-order valence-corrected chi connectivity index (χ3v) is 3.78. The Morgan fingerprint density at radius 2 is 2.25 bits per heavy atom. The maximum Gasteiger partial charge on any atom is 0.326 e. The summed E-state index contributed by atoms with van der Waals surface area (Å²) in [6.45, 7) is 6.72. The van der Waals surface area contributed by atoms with Crippen LogP contribution in [0.15, 0.2) is 0 Å². The minimum absolute atomic E-state index is 0.121. The summed E-state index contributed by atoms with van der Waals surface area (Å²) in [5.74, 6) is 0.347. The number of thioether (sulfide) groups is 1. The Kier molecular flexibility index (Phi) is 7.80. The van der Waals surface area contributed by atoms with Crippen molar-refractivity contribution >= 4 is 17.7 Å². The standard InChI is InChI=1S/C11H23NO3S/c1-5-6-12-11(3,10(14)15-4)8-16-9(2)7-13/h9,12-13H,5-8H2,1-4H3. The zero-order valence-electron chi connectivity index (χ0n) is 10.6. The molecular weight excluding hydrogens is 226 g/mol. The molecule has 0 aromatic heterocycles. The fraction of sp³-hybridized carbons (Fsp3) is 0.909. The van der Waals surface area contributed by atoms with E-state index in [1.807, 2.05) is 20.8 Å². The highest BCUT2D eigenvalue weighted by atomic mass is 32.2. The van der Waals surface area contributed by atoms with Gasteiger partial charge in [-0.1, -0.05) is 13.8 Å². The molecule has 96 valence electrons. The largest absolute Gasteiger partial charge is 0.468 e. The Morgan fingerprint density at radius 1 is 1.62 bits per heavy atom. The van der Waals surface area contributed by atoms with Gasteiger partial charge in [-0.2, -0.15) is 11.8 Å². The molecule has 2 unspecified atom stereocenters. The van der Waals surface area contributed by atoms with Crippen molar-refractivity contribution in [3.05, 3.63) is 0 Å². The van der Waals surface area contributed by atoms with E-state index < -0.39 is 5.54 Å². The summed E-state index contributed by atoms with van der Waals surface area (Å²) < 4.78 is 4.80. The third-order valence-electron chi connectivity index (χ3n) is 2.31. The van der Waals surface area contributed by atoms with Gasteiger partial charge >= 0.3 is 5.97 Å². The molecule has 4 nitrogen and oxygen atoms in total. The summed E-state index contributed by atoms with van der Waals surface area (Å²) in [4.78, 5) is 11.7. The van der Waals surface area contributed by atoms with Crippen LogP contribution in [0.5, 0.6) is 0 Å². The van der Waals surface area contributed by atoms with Gasteiger partial charge in [0.25, 0.3) is 0 Å². The van der Waals surface area contributed by atoms with Crippen molar-refractivity contribution in [2.24, 2.45) is 0 Å². The molecule has 0 bridgehead atoms. The van der Waals surface area contributed by atoms with Crippen LogP contribution in [0.2, 0.25) is 0 Å². The van der Waals surface area contributed by atoms with Crippen molar-refractivity contribution in [2.45, 2.75) is 38.0 Å². The summed E-state index contributed by atoms with van der Waals surface area (Å²) in [6, 6.07) is 0. The highest BCUT2D eigenvalue weighted by Crippen LogP contribution is 2.19. The van der Waals surface area contributed by atoms with Crippen LogP contribution in [0.3, 0.4) is 0 Å². The number of aliphatic hydroxyl groups excluding tert-OH is 1. The van der Waals surface area contributed by atoms with Crippen molar-refractivity contribution in [1.29, 1.82) is 0 Å². The molecule has 0 fully saturated rings. The molecule has 0 saturated heterocycles. The number of hydrogen-bond acceptors (Lipinski definition) is 5. The normalized spacial score (nSPS) is 16.6. The molecule has 2 N–H and O–H groups in total. The van der Waals surface area contributed by atoms with Crippen molar-refractivity contribution < 1.29 is 14.6 Å². The van der Waals surface area contributed by atoms with Crippen LogP contribution in [0.1, 0.15) is 27.2 Å². The average molecular weight is 249 g/mol. The van der Waals surface area contributed by atoms with Gasteiger partial charge in [0, 0.05) is 11.0 Å². The first-order valence-electron chi connectivity index (χ1n) is 5.56. The van der Waals surface area contributed by atoms with Gasteiger partial charge in [-0.25, -0.2) is 0 Å². The van der Waals surface area contributed by atoms with E-state index in [0.29, 0.717) is 5.75 Å². The molecule has 0 spiro atoms. The van der Waals surface area contributed by atoms with E-state index in [4.69, 9.17) is 9.84 Å². The molecule has 0 aromatic rings. The monoisotopic (exact) mass is 249 g/mol. The number of hydrogen-bond donors (Lipinski definition) is 2. The third kappa shape index (κ3) is 5.18. The lowest BCUT2D eigenvalue weighted by molar-refractivity contribution is -0.146. The van der Waals surface area contributed by atoms with Crippen LogP contribution in [0.4, 0.5) is 0 Å². The number of esters is 1. The van der Waals surface area contributed by atoms with Gasteiger partial charge in [0.15, 0.2) is 0 Å². The SMILES string of the molecule is CCCNC(C)(CSC(C)CO)C(=O)OC. The van der Waals surface area contributed by atoms with Gasteiger partial charge in [-0.15, -0.1) is 0 Å². The Bertz CT molecular complexity index is 213. The van der Waals surface area contributed by atoms with Crippen molar-refractivity contribution in [3.8, 4) is 0 Å². The van der Waals surface area contributed by atoms with Gasteiger partial charge in [0.1, 0.15) is 5.54 Å². The molecule has 0 aromatic carbocycles. The number of nitrogens with one attached hydrogen (secondary N) is 1. The smallest absolute Gasteiger partial charge is 0.326 e. The summed E-state index contributed by atoms with van der Waals surface area (Å²) in [5.41, 5.74) is -0.668. The lowest BCUT2D eigenvalue weighted by Gasteiger charge is -2.28. The molecule has 0 aliphatic rings. The van der Waals surface area contributed by atoms with Crippen LogP contribution < -0.4 is 5.32 Å². The van der Waals surface area contributed by atoms with E-state index in [-0.39, 0.29) is 17.8 Å². The molecule has 2 atom stereocenters. The molecule has 0 aliphatic heterocycles. The summed E-state index contributed by atoms with van der Waals surface area (Å²) >= 11 is 1.56. The minimum atomic E-state index is -0.668.